The highest BCUT2D eigenvalue weighted by Crippen LogP contribution is 2.47. The van der Waals surface area contributed by atoms with Crippen molar-refractivity contribution in [2.75, 3.05) is 11.9 Å². The summed E-state index contributed by atoms with van der Waals surface area (Å²) in [4.78, 5) is 0. The van der Waals surface area contributed by atoms with E-state index in [1.165, 1.54) is 17.7 Å². The molecule has 1 aromatic rings. The molecule has 104 valence electrons. The molecule has 0 amide bonds. The maximum absolute atomic E-state index is 6.26. The number of anilines is 1. The van der Waals surface area contributed by atoms with Gasteiger partial charge in [-0.25, -0.2) is 0 Å². The summed E-state index contributed by atoms with van der Waals surface area (Å²) in [6, 6.07) is 8.69. The van der Waals surface area contributed by atoms with E-state index in [0.29, 0.717) is 11.8 Å². The summed E-state index contributed by atoms with van der Waals surface area (Å²) in [5.41, 5.74) is 2.78. The van der Waals surface area contributed by atoms with Gasteiger partial charge in [-0.05, 0) is 64.0 Å². The van der Waals surface area contributed by atoms with Gasteiger partial charge in [0.25, 0.3) is 0 Å². The molecule has 1 saturated heterocycles. The molecule has 0 bridgehead atoms. The Bertz CT molecular complexity index is 478. The van der Waals surface area contributed by atoms with Crippen LogP contribution in [0.4, 0.5) is 5.69 Å². The molecule has 19 heavy (non-hydrogen) atoms. The first kappa shape index (κ1) is 13.0. The molecule has 2 heterocycles. The Balaban J connectivity index is 1.82. The van der Waals surface area contributed by atoms with Crippen molar-refractivity contribution in [3.8, 4) is 0 Å². The van der Waals surface area contributed by atoms with Crippen molar-refractivity contribution in [3.63, 3.8) is 0 Å². The zero-order valence-corrected chi connectivity index (χ0v) is 12.5. The highest BCUT2D eigenvalue weighted by Gasteiger charge is 2.49. The van der Waals surface area contributed by atoms with E-state index in [9.17, 15) is 0 Å². The maximum atomic E-state index is 6.26. The van der Waals surface area contributed by atoms with E-state index in [1.54, 1.807) is 0 Å². The standard InChI is InChI=1S/C17H25NO/c1-16(2)10-14(17(3,4)19-16)13-9-12-7-5-6-8-15(12)18-11-13/h5-8,13-14,18H,9-11H2,1-4H3. The third-order valence-electron chi connectivity index (χ3n) is 4.77. The average Bonchev–Trinajstić information content (AvgIpc) is 2.57. The van der Waals surface area contributed by atoms with Crippen LogP contribution in [0.1, 0.15) is 39.7 Å². The van der Waals surface area contributed by atoms with Gasteiger partial charge in [0.1, 0.15) is 0 Å². The van der Waals surface area contributed by atoms with Gasteiger partial charge in [-0.1, -0.05) is 18.2 Å². The minimum absolute atomic E-state index is 0.0118. The molecule has 3 rings (SSSR count). The van der Waals surface area contributed by atoms with Crippen LogP contribution in [0.3, 0.4) is 0 Å². The largest absolute Gasteiger partial charge is 0.385 e. The predicted octanol–water partition coefficient (Wildman–Crippen LogP) is 3.86. The Morgan fingerprint density at radius 1 is 1.16 bits per heavy atom. The zero-order chi connectivity index (χ0) is 13.7. The molecule has 0 aromatic heterocycles. The van der Waals surface area contributed by atoms with Crippen molar-refractivity contribution in [2.45, 2.75) is 51.7 Å². The second-order valence-electron chi connectivity index (χ2n) is 7.28. The van der Waals surface area contributed by atoms with Crippen LogP contribution < -0.4 is 5.32 Å². The quantitative estimate of drug-likeness (QED) is 0.826. The van der Waals surface area contributed by atoms with Gasteiger partial charge >= 0.3 is 0 Å². The van der Waals surface area contributed by atoms with Crippen molar-refractivity contribution in [3.05, 3.63) is 29.8 Å². The first-order valence-corrected chi connectivity index (χ1v) is 7.39. The molecule has 1 N–H and O–H groups in total. The van der Waals surface area contributed by atoms with Gasteiger partial charge in [0.2, 0.25) is 0 Å². The molecule has 1 aromatic carbocycles. The lowest BCUT2D eigenvalue weighted by molar-refractivity contribution is -0.0795. The summed E-state index contributed by atoms with van der Waals surface area (Å²) < 4.78 is 6.26. The topological polar surface area (TPSA) is 21.3 Å². The normalized spacial score (nSPS) is 31.6. The molecule has 2 aliphatic heterocycles. The number of benzene rings is 1. The maximum Gasteiger partial charge on any atom is 0.0666 e. The number of hydrogen-bond donors (Lipinski definition) is 1. The van der Waals surface area contributed by atoms with Crippen LogP contribution in [0.25, 0.3) is 0 Å². The number of ether oxygens (including phenoxy) is 1. The van der Waals surface area contributed by atoms with Gasteiger partial charge in [-0.2, -0.15) is 0 Å². The van der Waals surface area contributed by atoms with Gasteiger partial charge in [0.05, 0.1) is 11.2 Å². The lowest BCUT2D eigenvalue weighted by atomic mass is 9.74. The van der Waals surface area contributed by atoms with E-state index < -0.39 is 0 Å². The van der Waals surface area contributed by atoms with Crippen LogP contribution in [-0.4, -0.2) is 17.7 Å². The predicted molar refractivity (Wildman–Crippen MR) is 79.5 cm³/mol. The van der Waals surface area contributed by atoms with E-state index in [4.69, 9.17) is 4.74 Å². The van der Waals surface area contributed by atoms with Crippen LogP contribution in [-0.2, 0) is 11.2 Å². The molecule has 0 saturated carbocycles. The first-order chi connectivity index (χ1) is 8.87. The van der Waals surface area contributed by atoms with E-state index in [-0.39, 0.29) is 11.2 Å². The highest BCUT2D eigenvalue weighted by atomic mass is 16.5. The Hall–Kier alpha value is -1.02. The molecular weight excluding hydrogens is 234 g/mol. The smallest absolute Gasteiger partial charge is 0.0666 e. The summed E-state index contributed by atoms with van der Waals surface area (Å²) in [6.07, 6.45) is 2.34. The van der Waals surface area contributed by atoms with Crippen LogP contribution in [0.5, 0.6) is 0 Å². The summed E-state index contributed by atoms with van der Waals surface area (Å²) in [5.74, 6) is 1.30. The van der Waals surface area contributed by atoms with Crippen LogP contribution in [0.15, 0.2) is 24.3 Å². The SMILES string of the molecule is CC1(C)CC(C2CNc3ccccc3C2)C(C)(C)O1. The Labute approximate surface area is 116 Å². The first-order valence-electron chi connectivity index (χ1n) is 7.39. The summed E-state index contributed by atoms with van der Waals surface area (Å²) in [7, 11) is 0. The molecule has 2 heteroatoms. The van der Waals surface area contributed by atoms with E-state index in [2.05, 4.69) is 57.3 Å². The molecule has 2 nitrogen and oxygen atoms in total. The summed E-state index contributed by atoms with van der Waals surface area (Å²) >= 11 is 0. The van der Waals surface area contributed by atoms with E-state index >= 15 is 0 Å². The van der Waals surface area contributed by atoms with Gasteiger partial charge in [-0.3, -0.25) is 0 Å². The number of para-hydroxylation sites is 1. The Kier molecular flexibility index (Phi) is 2.90. The monoisotopic (exact) mass is 259 g/mol. The van der Waals surface area contributed by atoms with Crippen molar-refractivity contribution >= 4 is 5.69 Å². The van der Waals surface area contributed by atoms with Gasteiger partial charge in [-0.15, -0.1) is 0 Å². The second kappa shape index (κ2) is 4.24. The Morgan fingerprint density at radius 3 is 2.58 bits per heavy atom. The summed E-state index contributed by atoms with van der Waals surface area (Å²) in [6.45, 7) is 10.0. The molecule has 1 fully saturated rings. The zero-order valence-electron chi connectivity index (χ0n) is 12.5. The number of hydrogen-bond acceptors (Lipinski definition) is 2. The van der Waals surface area contributed by atoms with Crippen LogP contribution in [0.2, 0.25) is 0 Å². The van der Waals surface area contributed by atoms with Crippen LogP contribution in [0, 0.1) is 11.8 Å². The third kappa shape index (κ3) is 2.38. The molecule has 0 aliphatic carbocycles. The molecule has 0 spiro atoms. The highest BCUT2D eigenvalue weighted by molar-refractivity contribution is 5.53. The molecule has 0 radical (unpaired) electrons. The van der Waals surface area contributed by atoms with Crippen molar-refractivity contribution < 1.29 is 4.74 Å². The number of rotatable bonds is 1. The van der Waals surface area contributed by atoms with Gasteiger partial charge in [0.15, 0.2) is 0 Å². The second-order valence-corrected chi connectivity index (χ2v) is 7.28. The summed E-state index contributed by atoms with van der Waals surface area (Å²) in [5, 5.41) is 3.60. The molecule has 2 unspecified atom stereocenters. The fourth-order valence-electron chi connectivity index (χ4n) is 4.09. The minimum Gasteiger partial charge on any atom is -0.385 e. The fourth-order valence-corrected chi connectivity index (χ4v) is 4.09. The van der Waals surface area contributed by atoms with Crippen molar-refractivity contribution in [1.82, 2.24) is 0 Å². The molecular formula is C17H25NO. The van der Waals surface area contributed by atoms with Gasteiger partial charge < -0.3 is 10.1 Å². The number of fused-ring (bicyclic) bond motifs is 1. The van der Waals surface area contributed by atoms with E-state index in [0.717, 1.165) is 13.0 Å². The van der Waals surface area contributed by atoms with Crippen molar-refractivity contribution in [1.29, 1.82) is 0 Å². The van der Waals surface area contributed by atoms with Crippen LogP contribution >= 0.6 is 0 Å². The Morgan fingerprint density at radius 2 is 1.89 bits per heavy atom. The van der Waals surface area contributed by atoms with Gasteiger partial charge in [0, 0.05) is 12.2 Å². The number of nitrogens with one attached hydrogen (secondary N) is 1. The lowest BCUT2D eigenvalue weighted by Crippen LogP contribution is -2.39. The van der Waals surface area contributed by atoms with E-state index in [1.807, 2.05) is 0 Å². The lowest BCUT2D eigenvalue weighted by Gasteiger charge is -2.36. The van der Waals surface area contributed by atoms with Crippen molar-refractivity contribution in [2.24, 2.45) is 11.8 Å². The average molecular weight is 259 g/mol. The minimum atomic E-state index is -0.0118. The third-order valence-corrected chi connectivity index (χ3v) is 4.77. The molecule has 2 aliphatic rings. The molecule has 2 atom stereocenters. The fraction of sp³-hybridized carbons (Fsp3) is 0.647.